The molecule has 206 valence electrons. The van der Waals surface area contributed by atoms with E-state index < -0.39 is 34.7 Å². The molecule has 1 atom stereocenters. The molecule has 0 aliphatic carbocycles. The van der Waals surface area contributed by atoms with Gasteiger partial charge in [0, 0.05) is 18.5 Å². The number of hydrogen-bond acceptors (Lipinski definition) is 8. The zero-order valence-corrected chi connectivity index (χ0v) is 23.3. The molecule has 3 aromatic rings. The van der Waals surface area contributed by atoms with Crippen molar-refractivity contribution in [1.82, 2.24) is 15.3 Å². The molecule has 3 rings (SSSR count). The SMILES string of the molecule is C[S+]([O-])c1ccc(C(=O)Nc2cccnc2C(=O)Nc2ccc(Cl)cn2)c(OCCNC(=O)OC(C)(C)C)c1. The second-order valence-electron chi connectivity index (χ2n) is 9.06. The number of benzene rings is 1. The predicted molar refractivity (Wildman–Crippen MR) is 148 cm³/mol. The number of pyridine rings is 2. The minimum atomic E-state index is -1.33. The average molecular weight is 574 g/mol. The largest absolute Gasteiger partial charge is 0.612 e. The Hall–Kier alpha value is -3.87. The van der Waals surface area contributed by atoms with Gasteiger partial charge in [0.25, 0.3) is 11.8 Å². The number of amides is 3. The number of carbonyl (C=O) groups is 3. The van der Waals surface area contributed by atoms with Crippen molar-refractivity contribution in [2.45, 2.75) is 31.3 Å². The zero-order valence-electron chi connectivity index (χ0n) is 21.7. The molecule has 11 nitrogen and oxygen atoms in total. The summed E-state index contributed by atoms with van der Waals surface area (Å²) in [6, 6.07) is 10.7. The molecule has 2 aromatic heterocycles. The maximum atomic E-state index is 13.2. The van der Waals surface area contributed by atoms with E-state index in [-0.39, 0.29) is 41.7 Å². The van der Waals surface area contributed by atoms with Crippen LogP contribution >= 0.6 is 11.6 Å². The fraction of sp³-hybridized carbons (Fsp3) is 0.269. The number of anilines is 2. The maximum absolute atomic E-state index is 13.2. The van der Waals surface area contributed by atoms with Crippen molar-refractivity contribution in [2.75, 3.05) is 30.0 Å². The van der Waals surface area contributed by atoms with E-state index in [2.05, 4.69) is 25.9 Å². The number of carbonyl (C=O) groups excluding carboxylic acids is 3. The summed E-state index contributed by atoms with van der Waals surface area (Å²) in [4.78, 5) is 46.5. The van der Waals surface area contributed by atoms with Gasteiger partial charge in [0.1, 0.15) is 30.0 Å². The highest BCUT2D eigenvalue weighted by Crippen LogP contribution is 2.25. The highest BCUT2D eigenvalue weighted by molar-refractivity contribution is 7.90. The van der Waals surface area contributed by atoms with Crippen molar-refractivity contribution in [2.24, 2.45) is 0 Å². The Bertz CT molecular complexity index is 1330. The van der Waals surface area contributed by atoms with Crippen LogP contribution < -0.4 is 20.7 Å². The Labute approximate surface area is 233 Å². The van der Waals surface area contributed by atoms with Crippen molar-refractivity contribution in [3.8, 4) is 5.75 Å². The molecule has 2 heterocycles. The summed E-state index contributed by atoms with van der Waals surface area (Å²) in [5.41, 5.74) is -0.424. The third-order valence-corrected chi connectivity index (χ3v) is 5.94. The van der Waals surface area contributed by atoms with Gasteiger partial charge in [-0.2, -0.15) is 0 Å². The van der Waals surface area contributed by atoms with Crippen LogP contribution in [0.15, 0.2) is 59.8 Å². The number of nitrogens with one attached hydrogen (secondary N) is 3. The number of rotatable bonds is 9. The van der Waals surface area contributed by atoms with Crippen LogP contribution in [0, 0.1) is 0 Å². The minimum Gasteiger partial charge on any atom is -0.612 e. The molecule has 13 heteroatoms. The molecule has 1 aromatic carbocycles. The summed E-state index contributed by atoms with van der Waals surface area (Å²) in [7, 11) is 0. The number of halogens is 1. The highest BCUT2D eigenvalue weighted by Gasteiger charge is 2.21. The van der Waals surface area contributed by atoms with E-state index >= 15 is 0 Å². The summed E-state index contributed by atoms with van der Waals surface area (Å²) in [5, 5.41) is 8.26. The first-order valence-electron chi connectivity index (χ1n) is 11.7. The van der Waals surface area contributed by atoms with Crippen LogP contribution in [0.2, 0.25) is 5.02 Å². The van der Waals surface area contributed by atoms with Gasteiger partial charge in [-0.05, 0) is 68.3 Å². The highest BCUT2D eigenvalue weighted by atomic mass is 35.5. The van der Waals surface area contributed by atoms with Crippen LogP contribution in [0.3, 0.4) is 0 Å². The van der Waals surface area contributed by atoms with Crippen molar-refractivity contribution in [1.29, 1.82) is 0 Å². The van der Waals surface area contributed by atoms with Crippen molar-refractivity contribution >= 4 is 52.2 Å². The van der Waals surface area contributed by atoms with Gasteiger partial charge in [-0.1, -0.05) is 11.6 Å². The van der Waals surface area contributed by atoms with Gasteiger partial charge in [0.15, 0.2) is 10.6 Å². The molecule has 0 saturated heterocycles. The molecule has 0 spiro atoms. The van der Waals surface area contributed by atoms with Gasteiger partial charge in [-0.3, -0.25) is 9.59 Å². The Kier molecular flexibility index (Phi) is 10.1. The van der Waals surface area contributed by atoms with Gasteiger partial charge >= 0.3 is 6.09 Å². The van der Waals surface area contributed by atoms with Crippen LogP contribution in [0.4, 0.5) is 16.3 Å². The number of ether oxygens (including phenoxy) is 2. The average Bonchev–Trinajstić information content (AvgIpc) is 2.87. The van der Waals surface area contributed by atoms with Crippen LogP contribution in [-0.2, 0) is 15.9 Å². The van der Waals surface area contributed by atoms with Gasteiger partial charge in [-0.25, -0.2) is 14.8 Å². The van der Waals surface area contributed by atoms with Gasteiger partial charge in [0.2, 0.25) is 0 Å². The van der Waals surface area contributed by atoms with Crippen LogP contribution in [0.5, 0.6) is 5.75 Å². The molecule has 39 heavy (non-hydrogen) atoms. The summed E-state index contributed by atoms with van der Waals surface area (Å²) < 4.78 is 23.0. The van der Waals surface area contributed by atoms with Crippen molar-refractivity contribution < 1.29 is 28.4 Å². The Morgan fingerprint density at radius 3 is 2.49 bits per heavy atom. The normalized spacial score (nSPS) is 11.7. The lowest BCUT2D eigenvalue weighted by molar-refractivity contribution is 0.0519. The molecule has 0 saturated carbocycles. The third kappa shape index (κ3) is 9.13. The quantitative estimate of drug-likeness (QED) is 0.253. The van der Waals surface area contributed by atoms with Gasteiger partial charge in [0.05, 0.1) is 22.8 Å². The first-order valence-corrected chi connectivity index (χ1v) is 13.6. The molecule has 0 aliphatic rings. The molecular formula is C26H28ClN5O6S. The summed E-state index contributed by atoms with van der Waals surface area (Å²) in [6.07, 6.45) is 3.69. The molecule has 0 fully saturated rings. The van der Waals surface area contributed by atoms with Gasteiger partial charge in [-0.15, -0.1) is 0 Å². The molecule has 3 N–H and O–H groups in total. The lowest BCUT2D eigenvalue weighted by Gasteiger charge is -2.20. The number of nitrogens with zero attached hydrogens (tertiary/aromatic N) is 2. The second-order valence-corrected chi connectivity index (χ2v) is 10.9. The molecule has 0 radical (unpaired) electrons. The second kappa shape index (κ2) is 13.3. The number of alkyl carbamates (subject to hydrolysis) is 1. The Morgan fingerprint density at radius 2 is 1.82 bits per heavy atom. The number of aromatic nitrogens is 2. The summed E-state index contributed by atoms with van der Waals surface area (Å²) in [6.45, 7) is 5.34. The Morgan fingerprint density at radius 1 is 1.05 bits per heavy atom. The van der Waals surface area contributed by atoms with E-state index in [0.717, 1.165) is 0 Å². The van der Waals surface area contributed by atoms with E-state index in [1.54, 1.807) is 39.0 Å². The summed E-state index contributed by atoms with van der Waals surface area (Å²) in [5.74, 6) is -0.787. The first kappa shape index (κ1) is 29.7. The number of hydrogen-bond donors (Lipinski definition) is 3. The first-order chi connectivity index (χ1) is 18.4. The van der Waals surface area contributed by atoms with E-state index in [1.807, 2.05) is 0 Å². The monoisotopic (exact) mass is 573 g/mol. The topological polar surface area (TPSA) is 155 Å². The molecule has 0 bridgehead atoms. The van der Waals surface area contributed by atoms with Crippen LogP contribution in [0.1, 0.15) is 41.6 Å². The fourth-order valence-corrected chi connectivity index (χ4v) is 3.76. The van der Waals surface area contributed by atoms with E-state index in [0.29, 0.717) is 9.92 Å². The minimum absolute atomic E-state index is 0.00790. The summed E-state index contributed by atoms with van der Waals surface area (Å²) >= 11 is 4.50. The van der Waals surface area contributed by atoms with Gasteiger partial charge < -0.3 is 30.0 Å². The van der Waals surface area contributed by atoms with E-state index in [9.17, 15) is 18.9 Å². The van der Waals surface area contributed by atoms with E-state index in [4.69, 9.17) is 21.1 Å². The van der Waals surface area contributed by atoms with Crippen LogP contribution in [0.25, 0.3) is 0 Å². The smallest absolute Gasteiger partial charge is 0.407 e. The van der Waals surface area contributed by atoms with Crippen LogP contribution in [-0.4, -0.2) is 57.4 Å². The fourth-order valence-electron chi connectivity index (χ4n) is 3.12. The lowest BCUT2D eigenvalue weighted by Crippen LogP contribution is -2.34. The molecule has 1 unspecified atom stereocenters. The third-order valence-electron chi connectivity index (χ3n) is 4.80. The predicted octanol–water partition coefficient (Wildman–Crippen LogP) is 4.28. The standard InChI is InChI=1S/C26H28ClN5O6S/c1-26(2,3)38-25(35)29-12-13-37-20-14-17(39(4)36)8-9-18(20)23(33)31-19-6-5-11-28-22(19)24(34)32-21-10-7-16(27)15-30-21/h5-11,14-15H,12-13H2,1-4H3,(H,29,35)(H,31,33)(H,30,32,34). The van der Waals surface area contributed by atoms with E-state index in [1.165, 1.54) is 42.9 Å². The van der Waals surface area contributed by atoms with Crippen molar-refractivity contribution in [3.05, 3.63) is 71.1 Å². The zero-order chi connectivity index (χ0) is 28.6. The maximum Gasteiger partial charge on any atom is 0.407 e. The molecule has 3 amide bonds. The Balaban J connectivity index is 1.74. The molecular weight excluding hydrogens is 546 g/mol. The molecule has 0 aliphatic heterocycles. The van der Waals surface area contributed by atoms with Crippen molar-refractivity contribution in [3.63, 3.8) is 0 Å². The lowest BCUT2D eigenvalue weighted by atomic mass is 10.1.